The Morgan fingerprint density at radius 3 is 2.95 bits per heavy atom. The van der Waals surface area contributed by atoms with Gasteiger partial charge in [-0.2, -0.15) is 0 Å². The molecule has 112 valence electrons. The maximum absolute atomic E-state index is 12.7. The quantitative estimate of drug-likeness (QED) is 0.833. The second-order valence-electron chi connectivity index (χ2n) is 5.50. The second-order valence-corrected chi connectivity index (χ2v) is 6.48. The topological polar surface area (TPSA) is 32.3 Å². The molecule has 1 aromatic rings. The molecule has 1 aliphatic heterocycles. The van der Waals surface area contributed by atoms with Crippen molar-refractivity contribution in [3.05, 3.63) is 22.4 Å². The summed E-state index contributed by atoms with van der Waals surface area (Å²) in [6, 6.07) is 4.56. The van der Waals surface area contributed by atoms with Gasteiger partial charge in [0.2, 0.25) is 5.91 Å². The van der Waals surface area contributed by atoms with Gasteiger partial charge >= 0.3 is 0 Å². The Morgan fingerprint density at radius 1 is 1.45 bits per heavy atom. The smallest absolute Gasteiger partial charge is 0.240 e. The Hall–Kier alpha value is -0.870. The summed E-state index contributed by atoms with van der Waals surface area (Å²) < 4.78 is 0. The van der Waals surface area contributed by atoms with Gasteiger partial charge in [-0.3, -0.25) is 4.79 Å². The van der Waals surface area contributed by atoms with Gasteiger partial charge in [0.1, 0.15) is 0 Å². The van der Waals surface area contributed by atoms with E-state index in [9.17, 15) is 4.79 Å². The van der Waals surface area contributed by atoms with Gasteiger partial charge in [-0.15, -0.1) is 11.3 Å². The number of thiophene rings is 1. The van der Waals surface area contributed by atoms with Crippen molar-refractivity contribution in [3.63, 3.8) is 0 Å². The summed E-state index contributed by atoms with van der Waals surface area (Å²) >= 11 is 1.77. The van der Waals surface area contributed by atoms with Crippen LogP contribution in [0.1, 0.15) is 56.9 Å². The molecule has 4 heteroatoms. The van der Waals surface area contributed by atoms with Gasteiger partial charge in [0.05, 0.1) is 12.1 Å². The number of piperidine rings is 1. The Balaban J connectivity index is 2.09. The van der Waals surface area contributed by atoms with Crippen LogP contribution in [0.5, 0.6) is 0 Å². The number of nitrogens with one attached hydrogen (secondary N) is 1. The van der Waals surface area contributed by atoms with Crippen LogP contribution < -0.4 is 5.32 Å². The molecule has 0 aliphatic carbocycles. The molecule has 0 saturated carbocycles. The predicted molar refractivity (Wildman–Crippen MR) is 85.0 cm³/mol. The van der Waals surface area contributed by atoms with E-state index < -0.39 is 0 Å². The van der Waals surface area contributed by atoms with Gasteiger partial charge in [0, 0.05) is 11.4 Å². The Labute approximate surface area is 126 Å². The zero-order valence-corrected chi connectivity index (χ0v) is 13.4. The van der Waals surface area contributed by atoms with E-state index in [1.54, 1.807) is 11.3 Å². The molecule has 1 fully saturated rings. The van der Waals surface area contributed by atoms with E-state index in [1.165, 1.54) is 4.88 Å². The van der Waals surface area contributed by atoms with Gasteiger partial charge in [-0.05, 0) is 43.7 Å². The first-order valence-corrected chi connectivity index (χ1v) is 8.73. The minimum Gasteiger partial charge on any atom is -0.333 e. The number of carbonyl (C=O) groups excluding carboxylic acids is 1. The molecule has 1 aromatic heterocycles. The number of hydrogen-bond donors (Lipinski definition) is 1. The summed E-state index contributed by atoms with van der Waals surface area (Å²) in [4.78, 5) is 16.2. The molecular formula is C16H26N2OS. The number of nitrogens with zero attached hydrogens (tertiary/aromatic N) is 1. The monoisotopic (exact) mass is 294 g/mol. The van der Waals surface area contributed by atoms with E-state index in [0.29, 0.717) is 5.91 Å². The third kappa shape index (κ3) is 3.61. The summed E-state index contributed by atoms with van der Waals surface area (Å²) in [5.74, 6) is 0.302. The summed E-state index contributed by atoms with van der Waals surface area (Å²) in [6.45, 7) is 6.18. The van der Waals surface area contributed by atoms with Crippen LogP contribution in [-0.2, 0) is 4.79 Å². The highest BCUT2D eigenvalue weighted by atomic mass is 32.1. The normalized spacial score (nSPS) is 21.2. The zero-order chi connectivity index (χ0) is 14.4. The molecule has 1 aliphatic rings. The minimum absolute atomic E-state index is 0.0306. The van der Waals surface area contributed by atoms with Crippen molar-refractivity contribution in [1.82, 2.24) is 10.2 Å². The van der Waals surface area contributed by atoms with E-state index in [2.05, 4.69) is 41.6 Å². The van der Waals surface area contributed by atoms with E-state index in [1.807, 2.05) is 0 Å². The SMILES string of the molecule is CCCNC1CCCN(C(CCC)c2cccs2)C1=O. The van der Waals surface area contributed by atoms with Crippen LogP contribution in [0.3, 0.4) is 0 Å². The lowest BCUT2D eigenvalue weighted by Crippen LogP contribution is -2.51. The highest BCUT2D eigenvalue weighted by Crippen LogP contribution is 2.32. The molecule has 1 amide bonds. The summed E-state index contributed by atoms with van der Waals surface area (Å²) in [7, 11) is 0. The first-order valence-electron chi connectivity index (χ1n) is 7.85. The van der Waals surface area contributed by atoms with Crippen LogP contribution in [0.4, 0.5) is 0 Å². The number of carbonyl (C=O) groups is 1. The summed E-state index contributed by atoms with van der Waals surface area (Å²) in [5, 5.41) is 5.52. The molecule has 2 rings (SSSR count). The number of hydrogen-bond acceptors (Lipinski definition) is 3. The van der Waals surface area contributed by atoms with Crippen molar-refractivity contribution in [3.8, 4) is 0 Å². The third-order valence-electron chi connectivity index (χ3n) is 3.92. The molecular weight excluding hydrogens is 268 g/mol. The van der Waals surface area contributed by atoms with Crippen LogP contribution in [0, 0.1) is 0 Å². The molecule has 0 spiro atoms. The van der Waals surface area contributed by atoms with Crippen molar-refractivity contribution in [1.29, 1.82) is 0 Å². The molecule has 20 heavy (non-hydrogen) atoms. The van der Waals surface area contributed by atoms with Gasteiger partial charge in [-0.25, -0.2) is 0 Å². The standard InChI is InChI=1S/C16H26N2OS/c1-3-7-14(15-9-6-12-20-15)18-11-5-8-13(16(18)19)17-10-4-2/h6,9,12-14,17H,3-5,7-8,10-11H2,1-2H3. The highest BCUT2D eigenvalue weighted by Gasteiger charge is 2.33. The second kappa shape index (κ2) is 7.79. The number of rotatable bonds is 7. The predicted octanol–water partition coefficient (Wildman–Crippen LogP) is 3.58. The van der Waals surface area contributed by atoms with Crippen LogP contribution in [0.15, 0.2) is 17.5 Å². The maximum atomic E-state index is 12.7. The Bertz CT molecular complexity index is 405. The van der Waals surface area contributed by atoms with Crippen molar-refractivity contribution < 1.29 is 4.79 Å². The molecule has 3 nitrogen and oxygen atoms in total. The Kier molecular flexibility index (Phi) is 6.05. The average Bonchev–Trinajstić information content (AvgIpc) is 2.98. The first kappa shape index (κ1) is 15.5. The van der Waals surface area contributed by atoms with Crippen LogP contribution in [-0.4, -0.2) is 29.9 Å². The van der Waals surface area contributed by atoms with Crippen molar-refractivity contribution in [2.75, 3.05) is 13.1 Å². The molecule has 2 unspecified atom stereocenters. The summed E-state index contributed by atoms with van der Waals surface area (Å²) in [6.07, 6.45) is 5.34. The van der Waals surface area contributed by atoms with Crippen molar-refractivity contribution in [2.45, 2.75) is 58.0 Å². The number of amides is 1. The van der Waals surface area contributed by atoms with Gasteiger partial charge < -0.3 is 10.2 Å². The molecule has 1 saturated heterocycles. The molecule has 0 bridgehead atoms. The number of likely N-dealkylation sites (tertiary alicyclic amines) is 1. The lowest BCUT2D eigenvalue weighted by atomic mass is 9.99. The van der Waals surface area contributed by atoms with Crippen molar-refractivity contribution >= 4 is 17.2 Å². The van der Waals surface area contributed by atoms with Gasteiger partial charge in [-0.1, -0.05) is 26.3 Å². The van der Waals surface area contributed by atoms with E-state index in [-0.39, 0.29) is 12.1 Å². The van der Waals surface area contributed by atoms with E-state index in [4.69, 9.17) is 0 Å². The average molecular weight is 294 g/mol. The van der Waals surface area contributed by atoms with Gasteiger partial charge in [0.15, 0.2) is 0 Å². The fourth-order valence-corrected chi connectivity index (χ4v) is 3.80. The maximum Gasteiger partial charge on any atom is 0.240 e. The lowest BCUT2D eigenvalue weighted by molar-refractivity contribution is -0.138. The minimum atomic E-state index is 0.0306. The molecule has 2 atom stereocenters. The van der Waals surface area contributed by atoms with Crippen LogP contribution >= 0.6 is 11.3 Å². The molecule has 1 N–H and O–H groups in total. The Morgan fingerprint density at radius 2 is 2.30 bits per heavy atom. The van der Waals surface area contributed by atoms with Crippen LogP contribution in [0.25, 0.3) is 0 Å². The van der Waals surface area contributed by atoms with E-state index in [0.717, 1.165) is 45.2 Å². The zero-order valence-electron chi connectivity index (χ0n) is 12.6. The van der Waals surface area contributed by atoms with E-state index >= 15 is 0 Å². The lowest BCUT2D eigenvalue weighted by Gasteiger charge is -2.38. The van der Waals surface area contributed by atoms with Crippen LogP contribution in [0.2, 0.25) is 0 Å². The van der Waals surface area contributed by atoms with Gasteiger partial charge in [0.25, 0.3) is 0 Å². The fourth-order valence-electron chi connectivity index (χ4n) is 2.92. The molecule has 2 heterocycles. The molecule has 0 aromatic carbocycles. The largest absolute Gasteiger partial charge is 0.333 e. The fraction of sp³-hybridized carbons (Fsp3) is 0.688. The third-order valence-corrected chi connectivity index (χ3v) is 4.90. The van der Waals surface area contributed by atoms with Crippen molar-refractivity contribution in [2.24, 2.45) is 0 Å². The molecule has 0 radical (unpaired) electrons. The highest BCUT2D eigenvalue weighted by molar-refractivity contribution is 7.10. The first-order chi connectivity index (χ1) is 9.77. The summed E-state index contributed by atoms with van der Waals surface area (Å²) in [5.41, 5.74) is 0.